The molecule has 14 heteroatoms. The quantitative estimate of drug-likeness (QED) is 0.250. The second kappa shape index (κ2) is 10.6. The normalized spacial score (nSPS) is 13.0. The third kappa shape index (κ3) is 6.06. The van der Waals surface area contributed by atoms with Crippen molar-refractivity contribution in [3.05, 3.63) is 47.8 Å². The Morgan fingerprint density at radius 3 is 2.42 bits per heavy atom. The number of alkyl halides is 6. The molecule has 0 aliphatic carbocycles. The zero-order valence-corrected chi connectivity index (χ0v) is 20.3. The number of thioether (sulfide) groups is 1. The fourth-order valence-electron chi connectivity index (χ4n) is 3.22. The molecule has 194 valence electrons. The summed E-state index contributed by atoms with van der Waals surface area (Å²) in [5, 5.41) is 3.84. The Morgan fingerprint density at radius 1 is 1.03 bits per heavy atom. The summed E-state index contributed by atoms with van der Waals surface area (Å²) >= 11 is 1.69. The van der Waals surface area contributed by atoms with Crippen molar-refractivity contribution < 1.29 is 35.6 Å². The van der Waals surface area contributed by atoms with Crippen LogP contribution in [0.1, 0.15) is 18.3 Å². The summed E-state index contributed by atoms with van der Waals surface area (Å²) in [4.78, 5) is 11.9. The van der Waals surface area contributed by atoms with E-state index >= 15 is 0 Å². The predicted molar refractivity (Wildman–Crippen MR) is 125 cm³/mol. The zero-order chi connectivity index (χ0) is 25.4. The number of imidazole rings is 1. The van der Waals surface area contributed by atoms with Gasteiger partial charge < -0.3 is 14.2 Å². The van der Waals surface area contributed by atoms with Crippen LogP contribution in [0.15, 0.2) is 40.9 Å². The second-order valence-corrected chi connectivity index (χ2v) is 8.58. The highest BCUT2D eigenvalue weighted by atomic mass is 35.5. The van der Waals surface area contributed by atoms with Gasteiger partial charge in [0.2, 0.25) is 5.82 Å². The van der Waals surface area contributed by atoms with Crippen molar-refractivity contribution in [3.8, 4) is 28.6 Å². The van der Waals surface area contributed by atoms with Gasteiger partial charge in [0, 0.05) is 23.3 Å². The summed E-state index contributed by atoms with van der Waals surface area (Å²) in [7, 11) is 0. The number of H-pyrrole nitrogens is 1. The lowest BCUT2D eigenvalue weighted by Gasteiger charge is -2.20. The summed E-state index contributed by atoms with van der Waals surface area (Å²) < 4.78 is 88.7. The maximum Gasteiger partial charge on any atom is 0.425 e. The van der Waals surface area contributed by atoms with E-state index in [0.717, 1.165) is 41.2 Å². The highest BCUT2D eigenvalue weighted by molar-refractivity contribution is 7.98. The van der Waals surface area contributed by atoms with Crippen LogP contribution >= 0.6 is 24.2 Å². The SMILES string of the molecule is CSCCc1nc2ccc(-c3noc(-c4ccc(OC(C)C(F)(F)F)c(C(F)(F)F)c4)n3)cc2[nH]1.Cl. The first-order chi connectivity index (χ1) is 16.5. The van der Waals surface area contributed by atoms with Crippen LogP contribution in [0.3, 0.4) is 0 Å². The van der Waals surface area contributed by atoms with E-state index in [1.165, 1.54) is 0 Å². The molecule has 1 atom stereocenters. The molecule has 0 saturated carbocycles. The lowest BCUT2D eigenvalue weighted by atomic mass is 10.1. The molecule has 2 aromatic carbocycles. The molecule has 6 nitrogen and oxygen atoms in total. The van der Waals surface area contributed by atoms with E-state index in [2.05, 4.69) is 24.8 Å². The van der Waals surface area contributed by atoms with Gasteiger partial charge in [-0.05, 0) is 49.6 Å². The molecule has 0 bridgehead atoms. The third-order valence-electron chi connectivity index (χ3n) is 5.05. The van der Waals surface area contributed by atoms with Crippen molar-refractivity contribution in [2.45, 2.75) is 31.8 Å². The molecule has 0 aliphatic heterocycles. The van der Waals surface area contributed by atoms with Crippen molar-refractivity contribution in [1.29, 1.82) is 0 Å². The van der Waals surface area contributed by atoms with Crippen molar-refractivity contribution in [2.75, 3.05) is 12.0 Å². The van der Waals surface area contributed by atoms with Crippen LogP contribution in [0.4, 0.5) is 26.3 Å². The van der Waals surface area contributed by atoms with Gasteiger partial charge in [-0.3, -0.25) is 0 Å². The number of benzene rings is 2. The Balaban J connectivity index is 0.00000361. The molecule has 1 N–H and O–H groups in total. The number of hydrogen-bond donors (Lipinski definition) is 1. The first-order valence-corrected chi connectivity index (χ1v) is 11.6. The fourth-order valence-corrected chi connectivity index (χ4v) is 3.62. The number of rotatable bonds is 7. The van der Waals surface area contributed by atoms with Crippen LogP contribution in [-0.4, -0.2) is 44.4 Å². The van der Waals surface area contributed by atoms with Gasteiger partial charge in [-0.25, -0.2) is 4.98 Å². The van der Waals surface area contributed by atoms with Gasteiger partial charge in [-0.2, -0.15) is 43.1 Å². The number of fused-ring (bicyclic) bond motifs is 1. The Bertz CT molecular complexity index is 1340. The zero-order valence-electron chi connectivity index (χ0n) is 18.7. The first kappa shape index (κ1) is 27.7. The summed E-state index contributed by atoms with van der Waals surface area (Å²) in [6, 6.07) is 7.75. The van der Waals surface area contributed by atoms with E-state index in [1.54, 1.807) is 30.0 Å². The van der Waals surface area contributed by atoms with E-state index < -0.39 is 29.8 Å². The van der Waals surface area contributed by atoms with Crippen LogP contribution in [0.25, 0.3) is 33.9 Å². The van der Waals surface area contributed by atoms with Crippen molar-refractivity contribution in [2.24, 2.45) is 0 Å². The predicted octanol–water partition coefficient (Wildman–Crippen LogP) is 6.96. The Hall–Kier alpha value is -2.93. The average Bonchev–Trinajstić information content (AvgIpc) is 3.43. The number of hydrogen-bond acceptors (Lipinski definition) is 6. The van der Waals surface area contributed by atoms with Gasteiger partial charge in [-0.1, -0.05) is 5.16 Å². The van der Waals surface area contributed by atoms with Gasteiger partial charge in [0.15, 0.2) is 6.10 Å². The summed E-state index contributed by atoms with van der Waals surface area (Å²) in [5.74, 6) is 0.669. The lowest BCUT2D eigenvalue weighted by molar-refractivity contribution is -0.191. The molecule has 1 unspecified atom stereocenters. The van der Waals surface area contributed by atoms with Crippen molar-refractivity contribution in [1.82, 2.24) is 20.1 Å². The molecule has 4 aromatic rings. The number of aryl methyl sites for hydroxylation is 1. The Morgan fingerprint density at radius 2 is 1.75 bits per heavy atom. The summed E-state index contributed by atoms with van der Waals surface area (Å²) in [5.41, 5.74) is 0.520. The minimum atomic E-state index is -4.97. The smallest absolute Gasteiger partial charge is 0.425 e. The van der Waals surface area contributed by atoms with Crippen LogP contribution < -0.4 is 4.74 Å². The van der Waals surface area contributed by atoms with Crippen molar-refractivity contribution in [3.63, 3.8) is 0 Å². The van der Waals surface area contributed by atoms with Gasteiger partial charge >= 0.3 is 12.4 Å². The van der Waals surface area contributed by atoms with E-state index in [4.69, 9.17) is 4.52 Å². The lowest BCUT2D eigenvalue weighted by Crippen LogP contribution is -2.31. The molecule has 0 spiro atoms. The molecular formula is C22H19ClF6N4O2S. The fraction of sp³-hybridized carbons (Fsp3) is 0.318. The summed E-state index contributed by atoms with van der Waals surface area (Å²) in [6.45, 7) is 0.626. The maximum atomic E-state index is 13.6. The number of aromatic amines is 1. The summed E-state index contributed by atoms with van der Waals surface area (Å²) in [6.07, 6.45) is -9.47. The highest BCUT2D eigenvalue weighted by Gasteiger charge is 2.41. The number of nitrogens with one attached hydrogen (secondary N) is 1. The minimum Gasteiger partial charge on any atom is -0.481 e. The Labute approximate surface area is 211 Å². The molecule has 2 heterocycles. The largest absolute Gasteiger partial charge is 0.481 e. The van der Waals surface area contributed by atoms with Gasteiger partial charge in [0.1, 0.15) is 11.6 Å². The number of aromatic nitrogens is 4. The van der Waals surface area contributed by atoms with E-state index in [-0.39, 0.29) is 29.7 Å². The third-order valence-corrected chi connectivity index (χ3v) is 5.67. The topological polar surface area (TPSA) is 76.8 Å². The average molecular weight is 553 g/mol. The van der Waals surface area contributed by atoms with Gasteiger partial charge in [-0.15, -0.1) is 12.4 Å². The van der Waals surface area contributed by atoms with E-state index in [1.807, 2.05) is 6.26 Å². The van der Waals surface area contributed by atoms with Gasteiger partial charge in [0.25, 0.3) is 5.89 Å². The molecule has 0 fully saturated rings. The van der Waals surface area contributed by atoms with Crippen LogP contribution in [0.2, 0.25) is 0 Å². The molecule has 36 heavy (non-hydrogen) atoms. The van der Waals surface area contributed by atoms with Crippen LogP contribution in [0.5, 0.6) is 5.75 Å². The van der Waals surface area contributed by atoms with E-state index in [9.17, 15) is 26.3 Å². The number of halogens is 7. The first-order valence-electron chi connectivity index (χ1n) is 10.2. The number of ether oxygens (including phenoxy) is 1. The maximum absolute atomic E-state index is 13.6. The molecule has 0 amide bonds. The molecular weight excluding hydrogens is 534 g/mol. The Kier molecular flexibility index (Phi) is 8.13. The molecule has 2 aromatic heterocycles. The minimum absolute atomic E-state index is 0. The molecule has 0 radical (unpaired) electrons. The van der Waals surface area contributed by atoms with Crippen LogP contribution in [-0.2, 0) is 12.6 Å². The van der Waals surface area contributed by atoms with Crippen LogP contribution in [0, 0.1) is 0 Å². The van der Waals surface area contributed by atoms with Crippen molar-refractivity contribution >= 4 is 35.2 Å². The van der Waals surface area contributed by atoms with E-state index in [0.29, 0.717) is 18.6 Å². The number of nitrogens with zero attached hydrogens (tertiary/aromatic N) is 3. The standard InChI is InChI=1S/C22H18F6N4O2S.ClH/c1-11(21(23,24)25)33-17-6-4-13(9-14(17)22(26,27)28)20-31-19(32-34-20)12-3-5-15-16(10-12)30-18(29-15)7-8-35-2;/h3-6,9-11H,7-8H2,1-2H3,(H,29,30);1H. The second-order valence-electron chi connectivity index (χ2n) is 7.59. The molecule has 4 rings (SSSR count). The molecule has 0 saturated heterocycles. The van der Waals surface area contributed by atoms with Gasteiger partial charge in [0.05, 0.1) is 16.6 Å². The molecule has 0 aliphatic rings. The monoisotopic (exact) mass is 552 g/mol. The highest BCUT2D eigenvalue weighted by Crippen LogP contribution is 2.40.